The zero-order chi connectivity index (χ0) is 18.8. The number of benzene rings is 1. The van der Waals surface area contributed by atoms with Gasteiger partial charge in [-0.05, 0) is 13.0 Å². The summed E-state index contributed by atoms with van der Waals surface area (Å²) in [6.07, 6.45) is 0. The third-order valence-corrected chi connectivity index (χ3v) is 4.73. The number of rotatable bonds is 5. The lowest BCUT2D eigenvalue weighted by molar-refractivity contribution is -0.402. The van der Waals surface area contributed by atoms with Crippen LogP contribution in [0.5, 0.6) is 11.5 Å². The van der Waals surface area contributed by atoms with Crippen LogP contribution in [0.15, 0.2) is 33.7 Å². The van der Waals surface area contributed by atoms with Crippen LogP contribution in [0.25, 0.3) is 10.2 Å². The molecule has 0 fully saturated rings. The highest BCUT2D eigenvalue weighted by Crippen LogP contribution is 2.33. The van der Waals surface area contributed by atoms with Gasteiger partial charge >= 0.3 is 11.8 Å². The van der Waals surface area contributed by atoms with Crippen LogP contribution in [0.1, 0.15) is 17.5 Å². The predicted molar refractivity (Wildman–Crippen MR) is 93.8 cm³/mol. The average Bonchev–Trinajstić information content (AvgIpc) is 3.24. The molecule has 3 rings (SSSR count). The molecule has 0 saturated carbocycles. The van der Waals surface area contributed by atoms with E-state index in [0.29, 0.717) is 22.8 Å². The van der Waals surface area contributed by atoms with E-state index in [-0.39, 0.29) is 5.76 Å². The minimum Gasteiger partial charge on any atom is -0.493 e. The number of thiazole rings is 1. The number of nitro groups is 1. The number of carbonyl (C=O) groups excluding carboxylic acids is 1. The molecular weight excluding hydrogens is 362 g/mol. The molecule has 3 aromatic rings. The van der Waals surface area contributed by atoms with Gasteiger partial charge in [0, 0.05) is 18.7 Å². The molecule has 9 nitrogen and oxygen atoms in total. The Kier molecular flexibility index (Phi) is 4.76. The second kappa shape index (κ2) is 7.00. The van der Waals surface area contributed by atoms with Gasteiger partial charge in [0.05, 0.1) is 30.5 Å². The maximum atomic E-state index is 12.3. The first kappa shape index (κ1) is 17.7. The van der Waals surface area contributed by atoms with Gasteiger partial charge in [-0.25, -0.2) is 0 Å². The fourth-order valence-electron chi connectivity index (χ4n) is 2.47. The van der Waals surface area contributed by atoms with E-state index in [1.165, 1.54) is 17.4 Å². The first-order valence-electron chi connectivity index (χ1n) is 7.57. The van der Waals surface area contributed by atoms with Crippen molar-refractivity contribution in [2.45, 2.75) is 13.5 Å². The van der Waals surface area contributed by atoms with Crippen molar-refractivity contribution >= 4 is 33.3 Å². The number of carbonyl (C=O) groups is 1. The van der Waals surface area contributed by atoms with Crippen LogP contribution in [-0.4, -0.2) is 29.6 Å². The molecule has 2 aromatic heterocycles. The van der Waals surface area contributed by atoms with E-state index in [1.807, 2.05) is 23.6 Å². The fraction of sp³-hybridized carbons (Fsp3) is 0.250. The van der Waals surface area contributed by atoms with Gasteiger partial charge in [0.2, 0.25) is 5.76 Å². The Morgan fingerprint density at radius 2 is 2.00 bits per heavy atom. The van der Waals surface area contributed by atoms with Crippen molar-refractivity contribution in [2.75, 3.05) is 14.2 Å². The first-order valence-corrected chi connectivity index (χ1v) is 8.38. The Morgan fingerprint density at radius 3 is 2.58 bits per heavy atom. The average molecular weight is 377 g/mol. The molecule has 0 aliphatic heterocycles. The van der Waals surface area contributed by atoms with E-state index < -0.39 is 16.7 Å². The molecule has 1 amide bonds. The second-order valence-corrected chi connectivity index (χ2v) is 6.12. The van der Waals surface area contributed by atoms with Gasteiger partial charge in [0.15, 0.2) is 16.3 Å². The smallest absolute Gasteiger partial charge is 0.433 e. The summed E-state index contributed by atoms with van der Waals surface area (Å²) in [7, 11) is 3.09. The van der Waals surface area contributed by atoms with Gasteiger partial charge in [-0.3, -0.25) is 14.9 Å². The third kappa shape index (κ3) is 3.06. The zero-order valence-corrected chi connectivity index (χ0v) is 15.0. The molecule has 0 saturated heterocycles. The summed E-state index contributed by atoms with van der Waals surface area (Å²) in [6, 6.07) is 5.98. The number of furan rings is 1. The van der Waals surface area contributed by atoms with Gasteiger partial charge in [-0.1, -0.05) is 11.3 Å². The van der Waals surface area contributed by atoms with E-state index in [1.54, 1.807) is 14.2 Å². The predicted octanol–water partition coefficient (Wildman–Crippen LogP) is 2.98. The molecule has 26 heavy (non-hydrogen) atoms. The van der Waals surface area contributed by atoms with E-state index in [0.717, 1.165) is 16.3 Å². The summed E-state index contributed by atoms with van der Waals surface area (Å²) in [5.41, 5.74) is 0.840. The van der Waals surface area contributed by atoms with Crippen LogP contribution in [0.2, 0.25) is 0 Å². The molecular formula is C16H15N3O6S. The maximum Gasteiger partial charge on any atom is 0.433 e. The molecule has 0 bridgehead atoms. The SMILES string of the molecule is CCn1c(=NC(=O)c2ccc([N+](=O)[O-])o2)sc2cc(OC)c(OC)cc21. The number of nitrogens with zero attached hydrogens (tertiary/aromatic N) is 3. The standard InChI is InChI=1S/C16H15N3O6S/c1-4-18-9-7-11(23-2)12(24-3)8-13(9)26-16(18)17-15(20)10-5-6-14(25-10)19(21)22/h5-8H,4H2,1-3H3. The van der Waals surface area contributed by atoms with Gasteiger partial charge in [0.1, 0.15) is 4.92 Å². The lowest BCUT2D eigenvalue weighted by Crippen LogP contribution is -2.15. The topological polar surface area (TPSA) is 109 Å². The molecule has 136 valence electrons. The minimum atomic E-state index is -0.707. The number of hydrogen-bond acceptors (Lipinski definition) is 7. The van der Waals surface area contributed by atoms with Gasteiger partial charge in [-0.2, -0.15) is 4.99 Å². The molecule has 2 heterocycles. The van der Waals surface area contributed by atoms with Crippen molar-refractivity contribution in [2.24, 2.45) is 4.99 Å². The van der Waals surface area contributed by atoms with Crippen LogP contribution in [0.3, 0.4) is 0 Å². The minimum absolute atomic E-state index is 0.188. The number of methoxy groups -OCH3 is 2. The summed E-state index contributed by atoms with van der Waals surface area (Å²) in [5, 5.41) is 10.7. The monoisotopic (exact) mass is 377 g/mol. The van der Waals surface area contributed by atoms with E-state index in [4.69, 9.17) is 13.9 Å². The first-order chi connectivity index (χ1) is 12.5. The Balaban J connectivity index is 2.12. The number of ether oxygens (including phenoxy) is 2. The molecule has 0 N–H and O–H groups in total. The molecule has 0 aliphatic carbocycles. The van der Waals surface area contributed by atoms with Crippen LogP contribution in [0.4, 0.5) is 5.88 Å². The fourth-order valence-corrected chi connectivity index (χ4v) is 3.57. The Labute approximate surface area is 151 Å². The molecule has 0 aliphatic rings. The van der Waals surface area contributed by atoms with E-state index in [2.05, 4.69) is 4.99 Å². The maximum absolute atomic E-state index is 12.3. The van der Waals surface area contributed by atoms with Crippen molar-refractivity contribution in [3.8, 4) is 11.5 Å². The van der Waals surface area contributed by atoms with Crippen molar-refractivity contribution in [1.29, 1.82) is 0 Å². The summed E-state index contributed by atoms with van der Waals surface area (Å²) < 4.78 is 18.2. The van der Waals surface area contributed by atoms with Crippen molar-refractivity contribution < 1.29 is 23.6 Å². The molecule has 0 unspecified atom stereocenters. The van der Waals surface area contributed by atoms with Crippen LogP contribution >= 0.6 is 11.3 Å². The normalized spacial score (nSPS) is 11.7. The van der Waals surface area contributed by atoms with Gasteiger partial charge in [0.25, 0.3) is 0 Å². The summed E-state index contributed by atoms with van der Waals surface area (Å²) in [5.74, 6) is -0.237. The van der Waals surface area contributed by atoms with Gasteiger partial charge in [-0.15, -0.1) is 0 Å². The zero-order valence-electron chi connectivity index (χ0n) is 14.2. The molecule has 0 spiro atoms. The van der Waals surface area contributed by atoms with Gasteiger partial charge < -0.3 is 18.5 Å². The van der Waals surface area contributed by atoms with E-state index in [9.17, 15) is 14.9 Å². The van der Waals surface area contributed by atoms with Crippen molar-refractivity contribution in [3.05, 3.63) is 44.9 Å². The number of hydrogen-bond donors (Lipinski definition) is 0. The van der Waals surface area contributed by atoms with Crippen molar-refractivity contribution in [1.82, 2.24) is 4.57 Å². The number of aryl methyl sites for hydroxylation is 1. The number of fused-ring (bicyclic) bond motifs is 1. The Morgan fingerprint density at radius 1 is 1.31 bits per heavy atom. The highest BCUT2D eigenvalue weighted by molar-refractivity contribution is 7.16. The van der Waals surface area contributed by atoms with Crippen LogP contribution in [0, 0.1) is 10.1 Å². The van der Waals surface area contributed by atoms with Crippen molar-refractivity contribution in [3.63, 3.8) is 0 Å². The summed E-state index contributed by atoms with van der Waals surface area (Å²) >= 11 is 1.30. The van der Waals surface area contributed by atoms with Crippen LogP contribution in [-0.2, 0) is 6.54 Å². The lowest BCUT2D eigenvalue weighted by atomic mass is 10.3. The molecule has 1 aromatic carbocycles. The van der Waals surface area contributed by atoms with E-state index >= 15 is 0 Å². The Hall–Kier alpha value is -3.14. The highest BCUT2D eigenvalue weighted by Gasteiger charge is 2.18. The third-order valence-electron chi connectivity index (χ3n) is 3.68. The lowest BCUT2D eigenvalue weighted by Gasteiger charge is -2.08. The largest absolute Gasteiger partial charge is 0.493 e. The molecule has 0 atom stereocenters. The second-order valence-electron chi connectivity index (χ2n) is 5.12. The summed E-state index contributed by atoms with van der Waals surface area (Å²) in [4.78, 5) is 26.8. The number of aromatic nitrogens is 1. The number of amides is 1. The Bertz CT molecular complexity index is 1060. The molecule has 10 heteroatoms. The molecule has 0 radical (unpaired) electrons. The van der Waals surface area contributed by atoms with Crippen LogP contribution < -0.4 is 14.3 Å². The summed E-state index contributed by atoms with van der Waals surface area (Å²) in [6.45, 7) is 2.49. The highest BCUT2D eigenvalue weighted by atomic mass is 32.1. The quantitative estimate of drug-likeness (QED) is 0.499.